The van der Waals surface area contributed by atoms with Crippen LogP contribution in [-0.2, 0) is 6.42 Å². The smallest absolute Gasteiger partial charge is 0.0106 e. The molecule has 2 aromatic rings. The van der Waals surface area contributed by atoms with Crippen LogP contribution in [0.3, 0.4) is 0 Å². The summed E-state index contributed by atoms with van der Waals surface area (Å²) in [4.78, 5) is 0. The highest BCUT2D eigenvalue weighted by molar-refractivity contribution is 5.90. The van der Waals surface area contributed by atoms with Crippen molar-refractivity contribution in [2.75, 3.05) is 0 Å². The van der Waals surface area contributed by atoms with Crippen molar-refractivity contribution in [3.8, 4) is 0 Å². The van der Waals surface area contributed by atoms with Crippen LogP contribution in [0, 0.1) is 0 Å². The third-order valence-electron chi connectivity index (χ3n) is 3.87. The lowest BCUT2D eigenvalue weighted by Crippen LogP contribution is -2.30. The molecule has 1 aliphatic carbocycles. The van der Waals surface area contributed by atoms with Crippen molar-refractivity contribution in [1.29, 1.82) is 0 Å². The molecule has 0 aliphatic heterocycles. The Kier molecular flexibility index (Phi) is 2.79. The van der Waals surface area contributed by atoms with E-state index in [9.17, 15) is 0 Å². The van der Waals surface area contributed by atoms with Crippen molar-refractivity contribution >= 4 is 29.0 Å². The minimum Gasteiger partial charge on any atom is -0.0836 e. The standard InChI is InChI=1S/C18H18/c1-3-13-14(4-2)16-10-6-8-12-18(16)17-11-7-5-9-15(13)17/h3-7,9-11H,8,12H2,1-2H3/b13-3+,14-4+. The molecule has 2 aromatic carbocycles. The second-order valence-corrected chi connectivity index (χ2v) is 4.78. The molecule has 0 nitrogen and oxygen atoms in total. The zero-order chi connectivity index (χ0) is 12.5. The first-order valence-electron chi connectivity index (χ1n) is 6.69. The first-order chi connectivity index (χ1) is 8.86. The van der Waals surface area contributed by atoms with Gasteiger partial charge in [-0.05, 0) is 59.0 Å². The van der Waals surface area contributed by atoms with Gasteiger partial charge in [-0.2, -0.15) is 0 Å². The van der Waals surface area contributed by atoms with Crippen LogP contribution in [0.25, 0.3) is 29.0 Å². The van der Waals surface area contributed by atoms with Crippen molar-refractivity contribution in [2.45, 2.75) is 26.7 Å². The molecule has 1 aliphatic rings. The van der Waals surface area contributed by atoms with Crippen LogP contribution in [0.1, 0.15) is 31.4 Å². The average molecular weight is 234 g/mol. The molecule has 0 saturated heterocycles. The number of benzene rings is 2. The number of hydrogen-bond donors (Lipinski definition) is 0. The molecule has 0 unspecified atom stereocenters. The zero-order valence-corrected chi connectivity index (χ0v) is 11.0. The summed E-state index contributed by atoms with van der Waals surface area (Å²) in [5.74, 6) is 0. The zero-order valence-electron chi connectivity index (χ0n) is 11.0. The van der Waals surface area contributed by atoms with Gasteiger partial charge in [-0.3, -0.25) is 0 Å². The first-order valence-corrected chi connectivity index (χ1v) is 6.69. The average Bonchev–Trinajstić information content (AvgIpc) is 2.45. The van der Waals surface area contributed by atoms with Gasteiger partial charge in [0.2, 0.25) is 0 Å². The molecule has 0 spiro atoms. The Labute approximate surface area is 108 Å². The Morgan fingerprint density at radius 3 is 2.39 bits per heavy atom. The lowest BCUT2D eigenvalue weighted by atomic mass is 9.88. The molecule has 0 N–H and O–H groups in total. The Balaban J connectivity index is 2.66. The molecule has 0 fully saturated rings. The predicted octanol–water partition coefficient (Wildman–Crippen LogP) is 3.40. The summed E-state index contributed by atoms with van der Waals surface area (Å²) in [6, 6.07) is 8.80. The first kappa shape index (κ1) is 11.3. The highest BCUT2D eigenvalue weighted by atomic mass is 14.1. The van der Waals surface area contributed by atoms with E-state index in [0.717, 1.165) is 12.8 Å². The van der Waals surface area contributed by atoms with E-state index >= 15 is 0 Å². The highest BCUT2D eigenvalue weighted by Gasteiger charge is 2.11. The molecule has 0 saturated carbocycles. The van der Waals surface area contributed by atoms with Crippen LogP contribution in [-0.4, -0.2) is 0 Å². The summed E-state index contributed by atoms with van der Waals surface area (Å²) >= 11 is 0. The Bertz CT molecular complexity index is 746. The molecular weight excluding hydrogens is 216 g/mol. The molecule has 3 rings (SSSR count). The Morgan fingerprint density at radius 2 is 1.67 bits per heavy atom. The van der Waals surface area contributed by atoms with Crippen molar-refractivity contribution in [1.82, 2.24) is 0 Å². The van der Waals surface area contributed by atoms with Gasteiger partial charge in [0.15, 0.2) is 0 Å². The molecule has 0 aromatic heterocycles. The molecule has 18 heavy (non-hydrogen) atoms. The minimum absolute atomic E-state index is 1.16. The van der Waals surface area contributed by atoms with Crippen molar-refractivity contribution in [2.24, 2.45) is 0 Å². The maximum atomic E-state index is 2.30. The number of rotatable bonds is 0. The molecule has 0 amide bonds. The van der Waals surface area contributed by atoms with E-state index in [2.05, 4.69) is 62.4 Å². The maximum absolute atomic E-state index is 2.30. The van der Waals surface area contributed by atoms with Gasteiger partial charge in [0, 0.05) is 0 Å². The number of allylic oxidation sites excluding steroid dienone is 1. The van der Waals surface area contributed by atoms with Gasteiger partial charge in [0.05, 0.1) is 0 Å². The maximum Gasteiger partial charge on any atom is -0.0106 e. The molecule has 0 atom stereocenters. The predicted molar refractivity (Wildman–Crippen MR) is 80.8 cm³/mol. The summed E-state index contributed by atoms with van der Waals surface area (Å²) in [6.07, 6.45) is 11.4. The minimum atomic E-state index is 1.16. The van der Waals surface area contributed by atoms with Crippen LogP contribution < -0.4 is 10.4 Å². The Hall–Kier alpha value is -1.82. The summed E-state index contributed by atoms with van der Waals surface area (Å²) in [5.41, 5.74) is 2.95. The SMILES string of the molecule is C/C=c1/c2c(c3ccccc3/c1=C/C)CCC=C2. The van der Waals surface area contributed by atoms with Gasteiger partial charge < -0.3 is 0 Å². The second-order valence-electron chi connectivity index (χ2n) is 4.78. The van der Waals surface area contributed by atoms with Crippen LogP contribution in [0.4, 0.5) is 0 Å². The summed E-state index contributed by atoms with van der Waals surface area (Å²) in [5, 5.41) is 5.58. The van der Waals surface area contributed by atoms with Crippen molar-refractivity contribution in [3.05, 3.63) is 51.9 Å². The summed E-state index contributed by atoms with van der Waals surface area (Å²) < 4.78 is 0. The fraction of sp³-hybridized carbons (Fsp3) is 0.222. The fourth-order valence-electron chi connectivity index (χ4n) is 3.09. The van der Waals surface area contributed by atoms with E-state index in [1.165, 1.54) is 32.3 Å². The van der Waals surface area contributed by atoms with E-state index in [-0.39, 0.29) is 0 Å². The van der Waals surface area contributed by atoms with E-state index < -0.39 is 0 Å². The normalized spacial score (nSPS) is 16.3. The third kappa shape index (κ3) is 1.53. The lowest BCUT2D eigenvalue weighted by Gasteiger charge is -2.16. The monoisotopic (exact) mass is 234 g/mol. The van der Waals surface area contributed by atoms with Gasteiger partial charge >= 0.3 is 0 Å². The van der Waals surface area contributed by atoms with Gasteiger partial charge in [-0.15, -0.1) is 0 Å². The molecular formula is C18H18. The topological polar surface area (TPSA) is 0 Å². The van der Waals surface area contributed by atoms with Gasteiger partial charge in [-0.25, -0.2) is 0 Å². The van der Waals surface area contributed by atoms with Gasteiger partial charge in [-0.1, -0.05) is 48.6 Å². The van der Waals surface area contributed by atoms with Crippen LogP contribution in [0.2, 0.25) is 0 Å². The highest BCUT2D eigenvalue weighted by Crippen LogP contribution is 2.23. The van der Waals surface area contributed by atoms with Crippen molar-refractivity contribution < 1.29 is 0 Å². The third-order valence-corrected chi connectivity index (χ3v) is 3.87. The van der Waals surface area contributed by atoms with Crippen LogP contribution >= 0.6 is 0 Å². The fourth-order valence-corrected chi connectivity index (χ4v) is 3.09. The second kappa shape index (κ2) is 4.45. The van der Waals surface area contributed by atoms with Crippen LogP contribution in [0.15, 0.2) is 30.3 Å². The molecule has 90 valence electrons. The van der Waals surface area contributed by atoms with Gasteiger partial charge in [0.1, 0.15) is 0 Å². The molecule has 0 heterocycles. The van der Waals surface area contributed by atoms with E-state index in [0.29, 0.717) is 0 Å². The number of aryl methyl sites for hydroxylation is 1. The quantitative estimate of drug-likeness (QED) is 0.655. The summed E-state index contributed by atoms with van der Waals surface area (Å²) in [7, 11) is 0. The lowest BCUT2D eigenvalue weighted by molar-refractivity contribution is 0.993. The number of hydrogen-bond acceptors (Lipinski definition) is 0. The van der Waals surface area contributed by atoms with Gasteiger partial charge in [0.25, 0.3) is 0 Å². The largest absolute Gasteiger partial charge is 0.0836 e. The molecule has 0 bridgehead atoms. The van der Waals surface area contributed by atoms with E-state index in [1.807, 2.05) is 0 Å². The summed E-state index contributed by atoms with van der Waals surface area (Å²) in [6.45, 7) is 4.27. The Morgan fingerprint density at radius 1 is 0.944 bits per heavy atom. The van der Waals surface area contributed by atoms with E-state index in [1.54, 1.807) is 0 Å². The van der Waals surface area contributed by atoms with Crippen molar-refractivity contribution in [3.63, 3.8) is 0 Å². The van der Waals surface area contributed by atoms with E-state index in [4.69, 9.17) is 0 Å². The number of fused-ring (bicyclic) bond motifs is 3. The van der Waals surface area contributed by atoms with Crippen LogP contribution in [0.5, 0.6) is 0 Å². The molecule has 0 heteroatoms. The molecule has 0 radical (unpaired) electrons.